The van der Waals surface area contributed by atoms with Gasteiger partial charge in [-0.1, -0.05) is 54.6 Å². The molecule has 0 radical (unpaired) electrons. The monoisotopic (exact) mass is 502 g/mol. The molecule has 6 nitrogen and oxygen atoms in total. The number of amides is 2. The lowest BCUT2D eigenvalue weighted by atomic mass is 10.0. The normalized spacial score (nSPS) is 11.6. The van der Waals surface area contributed by atoms with Crippen LogP contribution in [-0.2, 0) is 22.6 Å². The Balaban J connectivity index is 1.77. The van der Waals surface area contributed by atoms with Crippen molar-refractivity contribution in [2.24, 2.45) is 0 Å². The summed E-state index contributed by atoms with van der Waals surface area (Å²) >= 11 is 0. The summed E-state index contributed by atoms with van der Waals surface area (Å²) in [6.07, 6.45) is 1.26. The molecule has 1 atom stereocenters. The molecule has 0 aliphatic rings. The second kappa shape index (κ2) is 14.1. The second-order valence-corrected chi connectivity index (χ2v) is 9.44. The van der Waals surface area contributed by atoms with Crippen molar-refractivity contribution in [3.63, 3.8) is 0 Å². The van der Waals surface area contributed by atoms with Crippen LogP contribution in [0, 0.1) is 6.92 Å². The average molecular weight is 503 g/mol. The zero-order chi connectivity index (χ0) is 26.6. The summed E-state index contributed by atoms with van der Waals surface area (Å²) < 4.78 is 11.0. The van der Waals surface area contributed by atoms with Gasteiger partial charge >= 0.3 is 0 Å². The Morgan fingerprint density at radius 3 is 2.19 bits per heavy atom. The van der Waals surface area contributed by atoms with Gasteiger partial charge in [0.1, 0.15) is 17.5 Å². The third kappa shape index (κ3) is 8.67. The van der Waals surface area contributed by atoms with Crippen molar-refractivity contribution in [2.45, 2.75) is 58.7 Å². The number of carbonyl (C=O) groups excluding carboxylic acids is 2. The Labute approximate surface area is 220 Å². The lowest BCUT2D eigenvalue weighted by molar-refractivity contribution is -0.141. The number of ether oxygens (including phenoxy) is 2. The van der Waals surface area contributed by atoms with E-state index in [0.29, 0.717) is 26.0 Å². The number of benzene rings is 3. The van der Waals surface area contributed by atoms with Crippen LogP contribution in [0.2, 0.25) is 0 Å². The molecule has 37 heavy (non-hydrogen) atoms. The average Bonchev–Trinajstić information content (AvgIpc) is 2.90. The summed E-state index contributed by atoms with van der Waals surface area (Å²) in [5.41, 5.74) is 3.13. The van der Waals surface area contributed by atoms with Crippen molar-refractivity contribution < 1.29 is 19.1 Å². The zero-order valence-electron chi connectivity index (χ0n) is 22.3. The van der Waals surface area contributed by atoms with E-state index in [1.54, 1.807) is 12.0 Å². The first-order valence-corrected chi connectivity index (χ1v) is 12.8. The minimum atomic E-state index is -0.626. The number of carbonyl (C=O) groups is 2. The fourth-order valence-electron chi connectivity index (χ4n) is 4.13. The van der Waals surface area contributed by atoms with Gasteiger partial charge in [0, 0.05) is 25.4 Å². The topological polar surface area (TPSA) is 67.9 Å². The van der Waals surface area contributed by atoms with E-state index >= 15 is 0 Å². The fourth-order valence-corrected chi connectivity index (χ4v) is 4.13. The molecule has 2 amide bonds. The summed E-state index contributed by atoms with van der Waals surface area (Å²) in [4.78, 5) is 28.8. The van der Waals surface area contributed by atoms with Crippen LogP contribution in [0.1, 0.15) is 43.4 Å². The quantitative estimate of drug-likeness (QED) is 0.321. The maximum atomic E-state index is 13.6. The summed E-state index contributed by atoms with van der Waals surface area (Å²) in [6.45, 7) is 6.66. The highest BCUT2D eigenvalue weighted by atomic mass is 16.5. The molecule has 0 aliphatic heterocycles. The van der Waals surface area contributed by atoms with E-state index in [2.05, 4.69) is 5.32 Å². The molecular formula is C31H38N2O4. The van der Waals surface area contributed by atoms with Crippen LogP contribution in [0.4, 0.5) is 0 Å². The predicted molar refractivity (Wildman–Crippen MR) is 147 cm³/mol. The van der Waals surface area contributed by atoms with E-state index in [1.807, 2.05) is 99.6 Å². The maximum absolute atomic E-state index is 13.6. The number of aryl methyl sites for hydroxylation is 1. The van der Waals surface area contributed by atoms with Crippen LogP contribution in [0.25, 0.3) is 0 Å². The van der Waals surface area contributed by atoms with E-state index in [1.165, 1.54) is 0 Å². The number of hydrogen-bond donors (Lipinski definition) is 1. The van der Waals surface area contributed by atoms with Gasteiger partial charge in [0.25, 0.3) is 0 Å². The van der Waals surface area contributed by atoms with Crippen LogP contribution in [0.5, 0.6) is 11.5 Å². The summed E-state index contributed by atoms with van der Waals surface area (Å²) in [7, 11) is 1.62. The Hall–Kier alpha value is -3.80. The second-order valence-electron chi connectivity index (χ2n) is 9.44. The largest absolute Gasteiger partial charge is 0.497 e. The van der Waals surface area contributed by atoms with Crippen LogP contribution in [0.15, 0.2) is 78.9 Å². The first kappa shape index (κ1) is 27.8. The molecule has 0 heterocycles. The van der Waals surface area contributed by atoms with Gasteiger partial charge < -0.3 is 19.7 Å². The summed E-state index contributed by atoms with van der Waals surface area (Å²) in [5, 5.41) is 3.03. The minimum absolute atomic E-state index is 0.0286. The van der Waals surface area contributed by atoms with Crippen molar-refractivity contribution in [1.29, 1.82) is 0 Å². The van der Waals surface area contributed by atoms with Crippen LogP contribution >= 0.6 is 0 Å². The first-order valence-electron chi connectivity index (χ1n) is 12.8. The molecule has 0 unspecified atom stereocenters. The van der Waals surface area contributed by atoms with Crippen molar-refractivity contribution in [1.82, 2.24) is 10.2 Å². The number of rotatable bonds is 13. The molecule has 3 aromatic carbocycles. The van der Waals surface area contributed by atoms with Gasteiger partial charge in [0.15, 0.2) is 0 Å². The van der Waals surface area contributed by atoms with Crippen molar-refractivity contribution >= 4 is 11.8 Å². The number of hydrogen-bond acceptors (Lipinski definition) is 4. The van der Waals surface area contributed by atoms with Crippen LogP contribution < -0.4 is 14.8 Å². The molecule has 1 N–H and O–H groups in total. The van der Waals surface area contributed by atoms with Crippen molar-refractivity contribution in [3.8, 4) is 11.5 Å². The van der Waals surface area contributed by atoms with Gasteiger partial charge in [0.2, 0.25) is 11.8 Å². The van der Waals surface area contributed by atoms with E-state index in [-0.39, 0.29) is 24.3 Å². The van der Waals surface area contributed by atoms with E-state index in [4.69, 9.17) is 9.47 Å². The Bertz CT molecular complexity index is 1130. The molecular weight excluding hydrogens is 464 g/mol. The third-order valence-corrected chi connectivity index (χ3v) is 6.17. The highest BCUT2D eigenvalue weighted by Crippen LogP contribution is 2.20. The standard InChI is InChI=1S/C31H38N2O4/c1-23(2)32-31(35)29(21-25-12-6-5-7-13-25)33(22-26-14-9-8-11-24(26)3)30(34)15-10-20-37-28-18-16-27(36-4)17-19-28/h5-9,11-14,16-19,23,29H,10,15,20-22H2,1-4H3,(H,32,35)/t29-/m1/s1. The lowest BCUT2D eigenvalue weighted by Gasteiger charge is -2.32. The molecule has 0 saturated carbocycles. The van der Waals surface area contributed by atoms with Gasteiger partial charge in [-0.05, 0) is 68.1 Å². The molecule has 0 aromatic heterocycles. The molecule has 6 heteroatoms. The van der Waals surface area contributed by atoms with Crippen LogP contribution in [0.3, 0.4) is 0 Å². The zero-order valence-corrected chi connectivity index (χ0v) is 22.3. The van der Waals surface area contributed by atoms with E-state index in [0.717, 1.165) is 28.2 Å². The molecule has 0 saturated heterocycles. The molecule has 0 spiro atoms. The third-order valence-electron chi connectivity index (χ3n) is 6.17. The lowest BCUT2D eigenvalue weighted by Crippen LogP contribution is -2.51. The van der Waals surface area contributed by atoms with Crippen LogP contribution in [-0.4, -0.2) is 42.5 Å². The van der Waals surface area contributed by atoms with E-state index in [9.17, 15) is 9.59 Å². The predicted octanol–water partition coefficient (Wildman–Crippen LogP) is 5.33. The highest BCUT2D eigenvalue weighted by Gasteiger charge is 2.30. The molecule has 3 aromatic rings. The smallest absolute Gasteiger partial charge is 0.243 e. The van der Waals surface area contributed by atoms with Gasteiger partial charge in [-0.15, -0.1) is 0 Å². The summed E-state index contributed by atoms with van der Waals surface area (Å²) in [5.74, 6) is 1.28. The molecule has 3 rings (SSSR count). The Morgan fingerprint density at radius 2 is 1.54 bits per heavy atom. The molecule has 0 aliphatic carbocycles. The Morgan fingerprint density at radius 1 is 0.892 bits per heavy atom. The maximum Gasteiger partial charge on any atom is 0.243 e. The highest BCUT2D eigenvalue weighted by molar-refractivity contribution is 5.88. The fraction of sp³-hybridized carbons (Fsp3) is 0.355. The Kier molecular flexibility index (Phi) is 10.6. The van der Waals surface area contributed by atoms with Gasteiger partial charge in [-0.25, -0.2) is 0 Å². The minimum Gasteiger partial charge on any atom is -0.497 e. The summed E-state index contributed by atoms with van der Waals surface area (Å²) in [6, 6.07) is 24.6. The molecule has 0 bridgehead atoms. The van der Waals surface area contributed by atoms with E-state index < -0.39 is 6.04 Å². The van der Waals surface area contributed by atoms with Gasteiger partial charge in [-0.2, -0.15) is 0 Å². The van der Waals surface area contributed by atoms with Gasteiger partial charge in [0.05, 0.1) is 13.7 Å². The van der Waals surface area contributed by atoms with Crippen molar-refractivity contribution in [2.75, 3.05) is 13.7 Å². The number of nitrogens with zero attached hydrogens (tertiary/aromatic N) is 1. The SMILES string of the molecule is COc1ccc(OCCCC(=O)N(Cc2ccccc2C)[C@H](Cc2ccccc2)C(=O)NC(C)C)cc1. The number of methoxy groups -OCH3 is 1. The first-order chi connectivity index (χ1) is 17.9. The number of nitrogens with one attached hydrogen (secondary N) is 1. The van der Waals surface area contributed by atoms with Gasteiger partial charge in [-0.3, -0.25) is 9.59 Å². The van der Waals surface area contributed by atoms with Crippen molar-refractivity contribution in [3.05, 3.63) is 95.6 Å². The molecule has 0 fully saturated rings. The molecule has 196 valence electrons.